The number of hydrogen-bond donors (Lipinski definition) is 1. The van der Waals surface area contributed by atoms with Crippen LogP contribution in [-0.2, 0) is 4.74 Å². The molecule has 0 fully saturated rings. The zero-order chi connectivity index (χ0) is 13.6. The van der Waals surface area contributed by atoms with E-state index in [-0.39, 0.29) is 0 Å². The van der Waals surface area contributed by atoms with E-state index >= 15 is 0 Å². The van der Waals surface area contributed by atoms with Gasteiger partial charge in [0.15, 0.2) is 0 Å². The van der Waals surface area contributed by atoms with Gasteiger partial charge >= 0.3 is 0 Å². The third-order valence-corrected chi connectivity index (χ3v) is 3.10. The molecule has 0 rings (SSSR count). The van der Waals surface area contributed by atoms with Crippen molar-refractivity contribution >= 4 is 0 Å². The molecule has 0 heterocycles. The summed E-state index contributed by atoms with van der Waals surface area (Å²) in [5, 5.41) is 3.49. The van der Waals surface area contributed by atoms with Gasteiger partial charge in [-0.2, -0.15) is 0 Å². The molecule has 0 saturated heterocycles. The average Bonchev–Trinajstić information content (AvgIpc) is 2.29. The molecule has 2 nitrogen and oxygen atoms in total. The molecule has 0 spiro atoms. The molecule has 0 saturated carbocycles. The number of rotatable bonds is 13. The Balaban J connectivity index is 2.95. The van der Waals surface area contributed by atoms with E-state index in [4.69, 9.17) is 4.74 Å². The Bertz CT molecular complexity index is 139. The molecule has 2 heteroatoms. The summed E-state index contributed by atoms with van der Waals surface area (Å²) in [6.07, 6.45) is 7.67. The van der Waals surface area contributed by atoms with Gasteiger partial charge in [-0.1, -0.05) is 40.5 Å². The molecule has 0 aromatic heterocycles. The fraction of sp³-hybridized carbons (Fsp3) is 1.00. The Kier molecular flexibility index (Phi) is 13.3. The van der Waals surface area contributed by atoms with Crippen LogP contribution < -0.4 is 5.32 Å². The van der Waals surface area contributed by atoms with Crippen LogP contribution in [0.25, 0.3) is 0 Å². The Morgan fingerprint density at radius 3 is 1.94 bits per heavy atom. The second-order valence-corrected chi connectivity index (χ2v) is 6.14. The first-order valence-electron chi connectivity index (χ1n) is 7.91. The van der Waals surface area contributed by atoms with Crippen LogP contribution in [0.2, 0.25) is 0 Å². The molecule has 0 bridgehead atoms. The Morgan fingerprint density at radius 1 is 0.722 bits per heavy atom. The van der Waals surface area contributed by atoms with E-state index in [0.717, 1.165) is 38.0 Å². The first-order chi connectivity index (χ1) is 8.63. The Hall–Kier alpha value is -0.0800. The van der Waals surface area contributed by atoms with Crippen molar-refractivity contribution in [2.24, 2.45) is 11.8 Å². The highest BCUT2D eigenvalue weighted by molar-refractivity contribution is 4.51. The predicted molar refractivity (Wildman–Crippen MR) is 81.1 cm³/mol. The van der Waals surface area contributed by atoms with Gasteiger partial charge in [-0.05, 0) is 50.6 Å². The molecule has 0 amide bonds. The van der Waals surface area contributed by atoms with Crippen LogP contribution in [0.4, 0.5) is 0 Å². The summed E-state index contributed by atoms with van der Waals surface area (Å²) in [7, 11) is 0. The maximum Gasteiger partial charge on any atom is 0.0478 e. The summed E-state index contributed by atoms with van der Waals surface area (Å²) in [4.78, 5) is 0. The first-order valence-corrected chi connectivity index (χ1v) is 7.91. The lowest BCUT2D eigenvalue weighted by molar-refractivity contribution is 0.125. The summed E-state index contributed by atoms with van der Waals surface area (Å²) in [6, 6.07) is 0. The highest BCUT2D eigenvalue weighted by Gasteiger charge is 1.95. The highest BCUT2D eigenvalue weighted by atomic mass is 16.5. The number of ether oxygens (including phenoxy) is 1. The fourth-order valence-electron chi connectivity index (χ4n) is 1.92. The van der Waals surface area contributed by atoms with Crippen molar-refractivity contribution in [3.8, 4) is 0 Å². The van der Waals surface area contributed by atoms with Crippen molar-refractivity contribution in [2.45, 2.75) is 66.2 Å². The van der Waals surface area contributed by atoms with Crippen molar-refractivity contribution in [3.63, 3.8) is 0 Å². The minimum Gasteiger partial charge on any atom is -0.381 e. The zero-order valence-corrected chi connectivity index (χ0v) is 13.1. The summed E-state index contributed by atoms with van der Waals surface area (Å²) in [6.45, 7) is 13.2. The summed E-state index contributed by atoms with van der Waals surface area (Å²) < 4.78 is 5.60. The molecule has 0 aliphatic heterocycles. The van der Waals surface area contributed by atoms with Crippen LogP contribution >= 0.6 is 0 Å². The molecule has 0 aliphatic rings. The van der Waals surface area contributed by atoms with E-state index in [2.05, 4.69) is 33.0 Å². The predicted octanol–water partition coefficient (Wildman–Crippen LogP) is 4.25. The molecule has 0 aromatic rings. The summed E-state index contributed by atoms with van der Waals surface area (Å²) in [5.74, 6) is 1.66. The molecular weight excluding hydrogens is 222 g/mol. The quantitative estimate of drug-likeness (QED) is 0.498. The van der Waals surface area contributed by atoms with Gasteiger partial charge in [0.25, 0.3) is 0 Å². The van der Waals surface area contributed by atoms with Crippen LogP contribution in [-0.4, -0.2) is 26.3 Å². The molecule has 0 aliphatic carbocycles. The minimum absolute atomic E-state index is 0.807. The second-order valence-electron chi connectivity index (χ2n) is 6.14. The SMILES string of the molecule is CC(C)CCCCNCCCOCCCC(C)C. The molecule has 1 N–H and O–H groups in total. The van der Waals surface area contributed by atoms with Gasteiger partial charge in [0.1, 0.15) is 0 Å². The van der Waals surface area contributed by atoms with Crippen LogP contribution in [0.1, 0.15) is 66.2 Å². The molecule has 110 valence electrons. The third-order valence-electron chi connectivity index (χ3n) is 3.10. The normalized spacial score (nSPS) is 11.7. The van der Waals surface area contributed by atoms with E-state index in [1.165, 1.54) is 38.6 Å². The van der Waals surface area contributed by atoms with Crippen LogP contribution in [0.5, 0.6) is 0 Å². The third kappa shape index (κ3) is 15.9. The molecular formula is C16H35NO. The van der Waals surface area contributed by atoms with E-state index in [0.29, 0.717) is 0 Å². The topological polar surface area (TPSA) is 21.3 Å². The number of unbranched alkanes of at least 4 members (excludes halogenated alkanes) is 1. The average molecular weight is 257 g/mol. The van der Waals surface area contributed by atoms with Gasteiger partial charge in [-0.15, -0.1) is 0 Å². The zero-order valence-electron chi connectivity index (χ0n) is 13.1. The molecule has 0 atom stereocenters. The Labute approximate surface area is 115 Å². The number of nitrogens with one attached hydrogen (secondary N) is 1. The van der Waals surface area contributed by atoms with E-state index < -0.39 is 0 Å². The lowest BCUT2D eigenvalue weighted by atomic mass is 10.1. The van der Waals surface area contributed by atoms with E-state index in [1.807, 2.05) is 0 Å². The van der Waals surface area contributed by atoms with E-state index in [9.17, 15) is 0 Å². The smallest absolute Gasteiger partial charge is 0.0478 e. The molecule has 0 unspecified atom stereocenters. The van der Waals surface area contributed by atoms with Crippen LogP contribution in [0.3, 0.4) is 0 Å². The summed E-state index contributed by atoms with van der Waals surface area (Å²) >= 11 is 0. The van der Waals surface area contributed by atoms with Crippen molar-refractivity contribution in [3.05, 3.63) is 0 Å². The minimum atomic E-state index is 0.807. The van der Waals surface area contributed by atoms with Crippen LogP contribution in [0, 0.1) is 11.8 Å². The standard InChI is InChI=1S/C16H35NO/c1-15(2)9-5-6-11-17-12-8-14-18-13-7-10-16(3)4/h15-17H,5-14H2,1-4H3. The van der Waals surface area contributed by atoms with E-state index in [1.54, 1.807) is 0 Å². The molecule has 18 heavy (non-hydrogen) atoms. The molecule has 0 aromatic carbocycles. The van der Waals surface area contributed by atoms with Gasteiger partial charge in [-0.3, -0.25) is 0 Å². The van der Waals surface area contributed by atoms with Crippen molar-refractivity contribution < 1.29 is 4.74 Å². The maximum atomic E-state index is 5.60. The van der Waals surface area contributed by atoms with Gasteiger partial charge in [-0.25, -0.2) is 0 Å². The van der Waals surface area contributed by atoms with Crippen LogP contribution in [0.15, 0.2) is 0 Å². The second kappa shape index (κ2) is 13.4. The fourth-order valence-corrected chi connectivity index (χ4v) is 1.92. The van der Waals surface area contributed by atoms with Crippen molar-refractivity contribution in [1.29, 1.82) is 0 Å². The van der Waals surface area contributed by atoms with Gasteiger partial charge in [0.05, 0.1) is 0 Å². The maximum absolute atomic E-state index is 5.60. The van der Waals surface area contributed by atoms with Gasteiger partial charge in [0, 0.05) is 13.2 Å². The molecule has 0 radical (unpaired) electrons. The monoisotopic (exact) mass is 257 g/mol. The summed E-state index contributed by atoms with van der Waals surface area (Å²) in [5.41, 5.74) is 0. The van der Waals surface area contributed by atoms with Crippen molar-refractivity contribution in [1.82, 2.24) is 5.32 Å². The van der Waals surface area contributed by atoms with Gasteiger partial charge < -0.3 is 10.1 Å². The first kappa shape index (κ1) is 17.9. The highest BCUT2D eigenvalue weighted by Crippen LogP contribution is 2.05. The lowest BCUT2D eigenvalue weighted by Crippen LogP contribution is -2.18. The number of hydrogen-bond acceptors (Lipinski definition) is 2. The van der Waals surface area contributed by atoms with Crippen molar-refractivity contribution in [2.75, 3.05) is 26.3 Å². The largest absolute Gasteiger partial charge is 0.381 e. The van der Waals surface area contributed by atoms with Gasteiger partial charge in [0.2, 0.25) is 0 Å². The lowest BCUT2D eigenvalue weighted by Gasteiger charge is -2.07. The Morgan fingerprint density at radius 2 is 1.28 bits per heavy atom.